The van der Waals surface area contributed by atoms with Gasteiger partial charge in [-0.05, 0) is 56.5 Å². The van der Waals surface area contributed by atoms with E-state index < -0.39 is 35.6 Å². The summed E-state index contributed by atoms with van der Waals surface area (Å²) < 4.78 is 5.47. The van der Waals surface area contributed by atoms with Gasteiger partial charge >= 0.3 is 6.09 Å². The molecule has 0 heterocycles. The van der Waals surface area contributed by atoms with Crippen LogP contribution in [0.15, 0.2) is 85.5 Å². The number of nitrogens with zero attached hydrogens (tertiary/aromatic N) is 1. The fourth-order valence-corrected chi connectivity index (χ4v) is 4.73. The van der Waals surface area contributed by atoms with Crippen molar-refractivity contribution in [3.63, 3.8) is 0 Å². The number of anilines is 1. The number of carbonyl (C=O) groups is 3. The molecule has 0 saturated carbocycles. The molecule has 3 rings (SSSR count). The van der Waals surface area contributed by atoms with Crippen LogP contribution in [0.4, 0.5) is 10.5 Å². The molecular weight excluding hydrogens is 550 g/mol. The minimum Gasteiger partial charge on any atom is -0.444 e. The van der Waals surface area contributed by atoms with Gasteiger partial charge < -0.3 is 20.3 Å². The molecule has 3 aromatic rings. The summed E-state index contributed by atoms with van der Waals surface area (Å²) >= 11 is 6.43. The van der Waals surface area contributed by atoms with Gasteiger partial charge in [-0.1, -0.05) is 84.3 Å². The Morgan fingerprint density at radius 1 is 1.05 bits per heavy atom. The lowest BCUT2D eigenvalue weighted by atomic mass is 9.96. The maximum atomic E-state index is 14.4. The Hall–Kier alpha value is -4.54. The van der Waals surface area contributed by atoms with Crippen LogP contribution in [0.5, 0.6) is 0 Å². The number of nitrogens with one attached hydrogen (secondary N) is 2. The third-order valence-electron chi connectivity index (χ3n) is 6.32. The molecule has 0 saturated heterocycles. The van der Waals surface area contributed by atoms with Crippen molar-refractivity contribution in [3.05, 3.63) is 113 Å². The van der Waals surface area contributed by atoms with Crippen LogP contribution in [0.2, 0.25) is 5.02 Å². The molecule has 3 aromatic carbocycles. The Balaban J connectivity index is 2.11. The standard InChI is InChI=1S/C34H36ClN3O4/c1-7-21-38(32(40)28(22-24-16-10-9-11-17-24)36-33(41)42-34(4,5)6)30(26-19-13-12-18-25(26)8-2)31(39)37-29-23(3)15-14-20-27(29)35/h2,7,9-20,28,30H,1,21-22H2,3-6H3,(H,36,41)(H,37,39). The van der Waals surface area contributed by atoms with Gasteiger partial charge in [0.1, 0.15) is 17.7 Å². The van der Waals surface area contributed by atoms with E-state index >= 15 is 0 Å². The number of terminal acetylenes is 1. The van der Waals surface area contributed by atoms with Crippen molar-refractivity contribution in [3.8, 4) is 12.3 Å². The number of ether oxygens (including phenoxy) is 1. The molecule has 0 aliphatic rings. The topological polar surface area (TPSA) is 87.7 Å². The first-order valence-corrected chi connectivity index (χ1v) is 13.9. The summed E-state index contributed by atoms with van der Waals surface area (Å²) in [5, 5.41) is 5.98. The Morgan fingerprint density at radius 2 is 1.71 bits per heavy atom. The third-order valence-corrected chi connectivity index (χ3v) is 6.64. The Kier molecular flexibility index (Phi) is 11.0. The van der Waals surface area contributed by atoms with Gasteiger partial charge in [-0.25, -0.2) is 4.79 Å². The number of alkyl carbamates (subject to hydrolysis) is 1. The van der Waals surface area contributed by atoms with Crippen molar-refractivity contribution in [2.24, 2.45) is 0 Å². The van der Waals surface area contributed by atoms with E-state index in [-0.39, 0.29) is 13.0 Å². The number of para-hydroxylation sites is 1. The molecule has 0 aliphatic carbocycles. The summed E-state index contributed by atoms with van der Waals surface area (Å²) in [5.74, 6) is 1.57. The summed E-state index contributed by atoms with van der Waals surface area (Å²) in [6.45, 7) is 10.8. The summed E-state index contributed by atoms with van der Waals surface area (Å²) in [6.07, 6.45) is 6.74. The molecule has 0 spiro atoms. The van der Waals surface area contributed by atoms with Crippen molar-refractivity contribution in [1.82, 2.24) is 10.2 Å². The van der Waals surface area contributed by atoms with E-state index in [0.717, 1.165) is 11.1 Å². The largest absolute Gasteiger partial charge is 0.444 e. The van der Waals surface area contributed by atoms with Crippen molar-refractivity contribution in [2.75, 3.05) is 11.9 Å². The molecule has 0 aliphatic heterocycles. The highest BCUT2D eigenvalue weighted by Crippen LogP contribution is 2.31. The summed E-state index contributed by atoms with van der Waals surface area (Å²) in [6, 6.07) is 19.2. The number of amides is 3. The molecule has 0 bridgehead atoms. The molecule has 0 fully saturated rings. The first-order chi connectivity index (χ1) is 19.9. The highest BCUT2D eigenvalue weighted by Gasteiger charge is 2.37. The second-order valence-corrected chi connectivity index (χ2v) is 11.1. The van der Waals surface area contributed by atoms with Crippen LogP contribution in [0.1, 0.15) is 49.1 Å². The molecule has 0 aromatic heterocycles. The van der Waals surface area contributed by atoms with E-state index in [1.807, 2.05) is 43.3 Å². The summed E-state index contributed by atoms with van der Waals surface area (Å²) in [7, 11) is 0. The first-order valence-electron chi connectivity index (χ1n) is 13.5. The molecule has 2 unspecified atom stereocenters. The van der Waals surface area contributed by atoms with Gasteiger partial charge in [0, 0.05) is 18.5 Å². The third kappa shape index (κ3) is 8.48. The molecular formula is C34H36ClN3O4. The quantitative estimate of drug-likeness (QED) is 0.211. The SMILES string of the molecule is C#Cc1ccccc1C(C(=O)Nc1c(C)cccc1Cl)N(CC=C)C(=O)C(Cc1ccccc1)NC(=O)OC(C)(C)C. The van der Waals surface area contributed by atoms with Crippen LogP contribution >= 0.6 is 11.6 Å². The molecule has 0 radical (unpaired) electrons. The van der Waals surface area contributed by atoms with Gasteiger partial charge in [0.25, 0.3) is 5.91 Å². The maximum absolute atomic E-state index is 14.4. The van der Waals surface area contributed by atoms with Crippen molar-refractivity contribution in [2.45, 2.75) is 51.8 Å². The summed E-state index contributed by atoms with van der Waals surface area (Å²) in [5.41, 5.74) is 2.07. The van der Waals surface area contributed by atoms with Crippen LogP contribution < -0.4 is 10.6 Å². The second kappa shape index (κ2) is 14.4. The molecule has 218 valence electrons. The lowest BCUT2D eigenvalue weighted by molar-refractivity contribution is -0.140. The van der Waals surface area contributed by atoms with Gasteiger partial charge in [-0.2, -0.15) is 0 Å². The van der Waals surface area contributed by atoms with Gasteiger partial charge in [0.05, 0.1) is 10.7 Å². The number of aryl methyl sites for hydroxylation is 1. The van der Waals surface area contributed by atoms with E-state index in [0.29, 0.717) is 21.8 Å². The summed E-state index contributed by atoms with van der Waals surface area (Å²) in [4.78, 5) is 42.8. The molecule has 3 amide bonds. The number of rotatable bonds is 10. The van der Waals surface area contributed by atoms with Gasteiger partial charge in [-0.15, -0.1) is 13.0 Å². The number of benzene rings is 3. The van der Waals surface area contributed by atoms with E-state index in [4.69, 9.17) is 22.8 Å². The number of hydrogen-bond acceptors (Lipinski definition) is 4. The molecule has 8 heteroatoms. The average Bonchev–Trinajstić information content (AvgIpc) is 2.94. The molecule has 2 atom stereocenters. The van der Waals surface area contributed by atoms with E-state index in [1.165, 1.54) is 11.0 Å². The number of halogens is 1. The molecule has 7 nitrogen and oxygen atoms in total. The zero-order valence-electron chi connectivity index (χ0n) is 24.3. The zero-order chi connectivity index (χ0) is 30.9. The normalized spacial score (nSPS) is 12.3. The van der Waals surface area contributed by atoms with Crippen LogP contribution in [-0.2, 0) is 20.7 Å². The predicted octanol–water partition coefficient (Wildman–Crippen LogP) is 6.46. The van der Waals surface area contributed by atoms with Crippen molar-refractivity contribution >= 4 is 35.2 Å². The molecule has 2 N–H and O–H groups in total. The van der Waals surface area contributed by atoms with Gasteiger partial charge in [-0.3, -0.25) is 9.59 Å². The van der Waals surface area contributed by atoms with E-state index in [2.05, 4.69) is 23.1 Å². The number of hydrogen-bond donors (Lipinski definition) is 2. The monoisotopic (exact) mass is 585 g/mol. The minimum absolute atomic E-state index is 0.0153. The van der Waals surface area contributed by atoms with Crippen molar-refractivity contribution in [1.29, 1.82) is 0 Å². The Bertz CT molecular complexity index is 1450. The van der Waals surface area contributed by atoms with Crippen LogP contribution in [0.25, 0.3) is 0 Å². The zero-order valence-corrected chi connectivity index (χ0v) is 25.1. The Morgan fingerprint density at radius 3 is 2.33 bits per heavy atom. The minimum atomic E-state index is -1.18. The first kappa shape index (κ1) is 32.0. The van der Waals surface area contributed by atoms with Crippen LogP contribution in [-0.4, -0.2) is 41.0 Å². The number of carbonyl (C=O) groups excluding carboxylic acids is 3. The fraction of sp³-hybridized carbons (Fsp3) is 0.265. The lowest BCUT2D eigenvalue weighted by Crippen LogP contribution is -2.53. The Labute approximate surface area is 252 Å². The fourth-order valence-electron chi connectivity index (χ4n) is 4.46. The van der Waals surface area contributed by atoms with E-state index in [1.54, 1.807) is 57.2 Å². The van der Waals surface area contributed by atoms with Gasteiger partial charge in [0.2, 0.25) is 5.91 Å². The highest BCUT2D eigenvalue weighted by molar-refractivity contribution is 6.34. The second-order valence-electron chi connectivity index (χ2n) is 10.7. The highest BCUT2D eigenvalue weighted by atomic mass is 35.5. The smallest absolute Gasteiger partial charge is 0.408 e. The molecule has 42 heavy (non-hydrogen) atoms. The van der Waals surface area contributed by atoms with Crippen molar-refractivity contribution < 1.29 is 19.1 Å². The lowest BCUT2D eigenvalue weighted by Gasteiger charge is -2.34. The van der Waals surface area contributed by atoms with Gasteiger partial charge in [0.15, 0.2) is 0 Å². The van der Waals surface area contributed by atoms with Crippen LogP contribution in [0.3, 0.4) is 0 Å². The van der Waals surface area contributed by atoms with Crippen LogP contribution in [0, 0.1) is 19.3 Å². The van der Waals surface area contributed by atoms with E-state index in [9.17, 15) is 14.4 Å². The maximum Gasteiger partial charge on any atom is 0.408 e. The average molecular weight is 586 g/mol. The predicted molar refractivity (Wildman–Crippen MR) is 167 cm³/mol.